The molecule has 374 valence electrons. The number of unbranched alkanes of at least 4 members (excludes halogenated alkanes) is 12. The maximum atomic E-state index is 2.59. The zero-order valence-electron chi connectivity index (χ0n) is 43.3. The molecule has 9 rings (SSSR count). The van der Waals surface area contributed by atoms with Crippen LogP contribution in [0.5, 0.6) is 0 Å². The van der Waals surface area contributed by atoms with Crippen molar-refractivity contribution in [1.29, 1.82) is 0 Å². The molecule has 72 heavy (non-hydrogen) atoms. The molecule has 2 aliphatic carbocycles. The third kappa shape index (κ3) is 13.6. The molecule has 2 heterocycles. The van der Waals surface area contributed by atoms with Crippen LogP contribution in [-0.2, 0) is 25.7 Å². The van der Waals surface area contributed by atoms with Gasteiger partial charge in [-0.05, 0) is 168 Å². The molecule has 5 aromatic carbocycles. The molecule has 0 amide bonds. The highest BCUT2D eigenvalue weighted by Gasteiger charge is 2.35. The van der Waals surface area contributed by atoms with E-state index in [1.165, 1.54) is 207 Å². The van der Waals surface area contributed by atoms with E-state index in [0.717, 1.165) is 25.7 Å². The Morgan fingerprint density at radius 2 is 0.583 bits per heavy atom. The van der Waals surface area contributed by atoms with Gasteiger partial charge < -0.3 is 0 Å². The second-order valence-electron chi connectivity index (χ2n) is 19.8. The Labute approximate surface area is 458 Å². The molecule has 2 aliphatic rings. The van der Waals surface area contributed by atoms with Gasteiger partial charge in [-0.3, -0.25) is 0 Å². The average Bonchev–Trinajstić information content (AvgIpc) is 4.20. The van der Waals surface area contributed by atoms with E-state index in [2.05, 4.69) is 160 Å². The van der Waals surface area contributed by atoms with Crippen LogP contribution >= 0.6 is 69.7 Å². The predicted octanol–water partition coefficient (Wildman–Crippen LogP) is 22.9. The first-order chi connectivity index (χ1) is 35.5. The Morgan fingerprint density at radius 1 is 0.306 bits per heavy atom. The van der Waals surface area contributed by atoms with E-state index in [1.54, 1.807) is 0 Å². The van der Waals surface area contributed by atoms with Gasteiger partial charge in [0.1, 0.15) is 0 Å². The molecule has 7 aromatic rings. The number of hydrogen-bond donors (Lipinski definition) is 0. The Hall–Kier alpha value is -3.62. The SMILES string of the molecule is CCCCCCc1ccc(SC(Sc2ccc(CCCCCC)cc2)=C2c3cc4c(cc3-c3sccc32)C(=C(Sc2ccc(CCCCCC)cc2)Sc2ccc(CCCCCC)cc2)c2ccsc2-4)cc1. The fourth-order valence-corrected chi connectivity index (χ4v) is 16.7. The first-order valence-corrected chi connectivity index (χ1v) is 32.5. The summed E-state index contributed by atoms with van der Waals surface area (Å²) in [6.07, 6.45) is 25.3. The minimum Gasteiger partial charge on any atom is -0.143 e. The monoisotopic (exact) mass is 1060 g/mol. The van der Waals surface area contributed by atoms with Crippen molar-refractivity contribution < 1.29 is 0 Å². The van der Waals surface area contributed by atoms with Gasteiger partial charge in [0.05, 0.1) is 8.47 Å². The first kappa shape index (κ1) is 53.2. The fraction of sp³-hybridized carbons (Fsp3) is 0.364. The fourth-order valence-electron chi connectivity index (χ4n) is 10.1. The third-order valence-electron chi connectivity index (χ3n) is 14.3. The lowest BCUT2D eigenvalue weighted by atomic mass is 9.98. The van der Waals surface area contributed by atoms with E-state index in [4.69, 9.17) is 0 Å². The molecule has 0 atom stereocenters. The van der Waals surface area contributed by atoms with Crippen LogP contribution in [0.2, 0.25) is 0 Å². The Balaban J connectivity index is 1.11. The van der Waals surface area contributed by atoms with Crippen molar-refractivity contribution in [1.82, 2.24) is 0 Å². The second-order valence-corrected chi connectivity index (χ2v) is 26.5. The van der Waals surface area contributed by atoms with Crippen molar-refractivity contribution in [2.75, 3.05) is 0 Å². The number of fused-ring (bicyclic) bond motifs is 6. The zero-order chi connectivity index (χ0) is 49.5. The minimum absolute atomic E-state index is 1.16. The van der Waals surface area contributed by atoms with Gasteiger partial charge in [-0.2, -0.15) is 0 Å². The predicted molar refractivity (Wildman–Crippen MR) is 326 cm³/mol. The molecular formula is C66H74S6. The molecule has 2 aromatic heterocycles. The number of hydrogen-bond acceptors (Lipinski definition) is 6. The van der Waals surface area contributed by atoms with E-state index in [-0.39, 0.29) is 0 Å². The van der Waals surface area contributed by atoms with Crippen LogP contribution in [0, 0.1) is 0 Å². The second kappa shape index (κ2) is 27.3. The molecule has 0 bridgehead atoms. The van der Waals surface area contributed by atoms with Crippen molar-refractivity contribution in [3.05, 3.63) is 185 Å². The summed E-state index contributed by atoms with van der Waals surface area (Å²) in [4.78, 5) is 8.01. The van der Waals surface area contributed by atoms with Crippen LogP contribution in [0.25, 0.3) is 32.0 Å². The lowest BCUT2D eigenvalue weighted by Crippen LogP contribution is -1.91. The molecule has 6 heteroatoms. The van der Waals surface area contributed by atoms with Gasteiger partial charge in [0.25, 0.3) is 0 Å². The molecule has 0 radical (unpaired) electrons. The highest BCUT2D eigenvalue weighted by molar-refractivity contribution is 8.23. The largest absolute Gasteiger partial charge is 0.143 e. The van der Waals surface area contributed by atoms with E-state index in [0.29, 0.717) is 0 Å². The molecule has 0 N–H and O–H groups in total. The summed E-state index contributed by atoms with van der Waals surface area (Å²) in [6, 6.07) is 48.0. The topological polar surface area (TPSA) is 0 Å². The summed E-state index contributed by atoms with van der Waals surface area (Å²) >= 11 is 11.6. The number of rotatable bonds is 28. The molecule has 0 aliphatic heterocycles. The maximum Gasteiger partial charge on any atom is 0.0583 e. The normalized spacial score (nSPS) is 12.3. The summed E-state index contributed by atoms with van der Waals surface area (Å²) in [5, 5.41) is 4.64. The van der Waals surface area contributed by atoms with Gasteiger partial charge in [-0.1, -0.05) is 200 Å². The molecule has 0 nitrogen and oxygen atoms in total. The number of thioether (sulfide) groups is 4. The van der Waals surface area contributed by atoms with Gasteiger partial charge in [0.15, 0.2) is 0 Å². The van der Waals surface area contributed by atoms with Gasteiger partial charge in [0, 0.05) is 62.7 Å². The van der Waals surface area contributed by atoms with E-state index in [1.807, 2.05) is 69.7 Å². The summed E-state index contributed by atoms with van der Waals surface area (Å²) < 4.78 is 2.71. The summed E-state index contributed by atoms with van der Waals surface area (Å²) in [5.74, 6) is 0. The highest BCUT2D eigenvalue weighted by atomic mass is 32.2. The van der Waals surface area contributed by atoms with Crippen molar-refractivity contribution in [2.24, 2.45) is 0 Å². The van der Waals surface area contributed by atoms with Gasteiger partial charge in [-0.25, -0.2) is 0 Å². The minimum atomic E-state index is 1.16. The van der Waals surface area contributed by atoms with Crippen molar-refractivity contribution in [2.45, 2.75) is 176 Å². The summed E-state index contributed by atoms with van der Waals surface area (Å²) in [7, 11) is 0. The maximum absolute atomic E-state index is 2.59. The summed E-state index contributed by atoms with van der Waals surface area (Å²) in [6.45, 7) is 9.18. The average molecular weight is 1060 g/mol. The lowest BCUT2D eigenvalue weighted by molar-refractivity contribution is 0.667. The van der Waals surface area contributed by atoms with Gasteiger partial charge >= 0.3 is 0 Å². The highest BCUT2D eigenvalue weighted by Crippen LogP contribution is 2.60. The van der Waals surface area contributed by atoms with Crippen LogP contribution in [0.15, 0.2) is 160 Å². The molecule has 0 fully saturated rings. The van der Waals surface area contributed by atoms with Crippen LogP contribution in [-0.4, -0.2) is 0 Å². The Kier molecular flexibility index (Phi) is 20.1. The van der Waals surface area contributed by atoms with E-state index >= 15 is 0 Å². The number of aryl methyl sites for hydroxylation is 4. The van der Waals surface area contributed by atoms with Crippen LogP contribution < -0.4 is 0 Å². The number of benzene rings is 5. The van der Waals surface area contributed by atoms with E-state index < -0.39 is 0 Å². The van der Waals surface area contributed by atoms with Crippen molar-refractivity contribution >= 4 is 80.9 Å². The van der Waals surface area contributed by atoms with Gasteiger partial charge in [-0.15, -0.1) is 22.7 Å². The number of thiophene rings is 2. The Bertz CT molecular complexity index is 2550. The Morgan fingerprint density at radius 3 is 0.847 bits per heavy atom. The smallest absolute Gasteiger partial charge is 0.0583 e. The third-order valence-corrected chi connectivity index (χ3v) is 20.8. The zero-order valence-corrected chi connectivity index (χ0v) is 48.2. The summed E-state index contributed by atoms with van der Waals surface area (Å²) in [5.41, 5.74) is 16.8. The van der Waals surface area contributed by atoms with Crippen LogP contribution in [0.4, 0.5) is 0 Å². The molecule has 0 spiro atoms. The van der Waals surface area contributed by atoms with Crippen LogP contribution in [0.3, 0.4) is 0 Å². The lowest BCUT2D eigenvalue weighted by Gasteiger charge is -2.16. The molecule has 0 saturated heterocycles. The van der Waals surface area contributed by atoms with Gasteiger partial charge in [0.2, 0.25) is 0 Å². The van der Waals surface area contributed by atoms with Crippen molar-refractivity contribution in [3.8, 4) is 20.9 Å². The van der Waals surface area contributed by atoms with E-state index in [9.17, 15) is 0 Å². The quantitative estimate of drug-likeness (QED) is 0.0354. The molecule has 0 saturated carbocycles. The first-order valence-electron chi connectivity index (χ1n) is 27.4. The van der Waals surface area contributed by atoms with Crippen LogP contribution in [0.1, 0.15) is 175 Å². The molecule has 0 unspecified atom stereocenters. The standard InChI is InChI=1S/C66H74S6/c1-5-9-13-17-21-47-25-33-51(34-26-47)69-65(70-52-35-27-48(28-36-52)22-18-14-10-6-2)61-55-41-43-67-63(55)59-46-58-60(45-57(59)61)64-56(42-44-68-64)62(58)66(71-53-37-29-49(30-38-53)23-19-15-11-7-3)72-54-39-31-50(32-40-54)24-20-16-12-8-4/h25-46H,5-24H2,1-4H3. The van der Waals surface area contributed by atoms with Crippen molar-refractivity contribution in [3.63, 3.8) is 0 Å². The molecular weight excluding hydrogens is 985 g/mol.